The third-order valence-electron chi connectivity index (χ3n) is 7.06. The van der Waals surface area contributed by atoms with Crippen molar-refractivity contribution in [2.75, 3.05) is 56.5 Å². The summed E-state index contributed by atoms with van der Waals surface area (Å²) in [5.74, 6) is -0.151. The van der Waals surface area contributed by atoms with Gasteiger partial charge < -0.3 is 19.5 Å². The zero-order valence-electron chi connectivity index (χ0n) is 20.3. The van der Waals surface area contributed by atoms with Gasteiger partial charge in [0.2, 0.25) is 10.0 Å². The fourth-order valence-corrected chi connectivity index (χ4v) is 6.47. The van der Waals surface area contributed by atoms with Gasteiger partial charge in [-0.1, -0.05) is 24.6 Å². The molecular weight excluding hydrogens is 464 g/mol. The van der Waals surface area contributed by atoms with Gasteiger partial charge in [-0.25, -0.2) is 8.42 Å². The molecule has 1 aromatic heterocycles. The smallest absolute Gasteiger partial charge is 0.291 e. The molecule has 2 aromatic carbocycles. The Bertz CT molecular complexity index is 1340. The predicted molar refractivity (Wildman–Crippen MR) is 138 cm³/mol. The number of nitrogens with one attached hydrogen (secondary N) is 1. The molecule has 1 amide bonds. The Kier molecular flexibility index (Phi) is 6.57. The molecule has 0 spiro atoms. The van der Waals surface area contributed by atoms with Gasteiger partial charge in [0.25, 0.3) is 5.91 Å². The largest absolute Gasteiger partial charge is 0.451 e. The van der Waals surface area contributed by atoms with Crippen LogP contribution in [0.15, 0.2) is 51.8 Å². The fourth-order valence-electron chi connectivity index (χ4n) is 4.92. The molecule has 0 bridgehead atoms. The Morgan fingerprint density at radius 1 is 0.943 bits per heavy atom. The normalized spacial score (nSPS) is 18.2. The van der Waals surface area contributed by atoms with Gasteiger partial charge in [-0.2, -0.15) is 4.31 Å². The third kappa shape index (κ3) is 4.68. The van der Waals surface area contributed by atoms with Crippen LogP contribution >= 0.6 is 0 Å². The van der Waals surface area contributed by atoms with E-state index in [1.165, 1.54) is 0 Å². The van der Waals surface area contributed by atoms with Crippen LogP contribution < -0.4 is 10.2 Å². The summed E-state index contributed by atoms with van der Waals surface area (Å²) >= 11 is 0. The van der Waals surface area contributed by atoms with E-state index < -0.39 is 10.0 Å². The van der Waals surface area contributed by atoms with Gasteiger partial charge in [-0.3, -0.25) is 4.79 Å². The molecule has 0 saturated carbocycles. The number of piperazine rings is 1. The SMILES string of the molecule is Cc1c(C(=O)Nc2cc(S(=O)(=O)N3CCCCC3)ccc2N2CCN(C)CC2)oc2ccccc12. The second kappa shape index (κ2) is 9.64. The van der Waals surface area contributed by atoms with E-state index in [9.17, 15) is 13.2 Å². The van der Waals surface area contributed by atoms with Crippen molar-refractivity contribution in [2.45, 2.75) is 31.1 Å². The molecule has 0 atom stereocenters. The van der Waals surface area contributed by atoms with E-state index in [0.29, 0.717) is 24.4 Å². The Morgan fingerprint density at radius 2 is 1.66 bits per heavy atom. The molecule has 186 valence electrons. The van der Waals surface area contributed by atoms with Crippen LogP contribution in [0.1, 0.15) is 35.4 Å². The number of benzene rings is 2. The Hall–Kier alpha value is -2.88. The first-order valence-electron chi connectivity index (χ1n) is 12.2. The standard InChI is InChI=1S/C26H32N4O4S/c1-19-21-8-4-5-9-24(21)34-25(19)26(31)27-22-18-20(35(32,33)30-12-6-3-7-13-30)10-11-23(22)29-16-14-28(2)15-17-29/h4-5,8-11,18H,3,6-7,12-17H2,1-2H3,(H,27,31). The number of anilines is 2. The molecule has 0 unspecified atom stereocenters. The second-order valence-electron chi connectivity index (χ2n) is 9.44. The van der Waals surface area contributed by atoms with E-state index in [1.807, 2.05) is 37.3 Å². The highest BCUT2D eigenvalue weighted by atomic mass is 32.2. The first-order chi connectivity index (χ1) is 16.8. The van der Waals surface area contributed by atoms with E-state index in [2.05, 4.69) is 22.2 Å². The molecule has 9 heteroatoms. The maximum absolute atomic E-state index is 13.4. The van der Waals surface area contributed by atoms with Crippen molar-refractivity contribution in [3.8, 4) is 0 Å². The van der Waals surface area contributed by atoms with Crippen LogP contribution in [0.2, 0.25) is 0 Å². The predicted octanol–water partition coefficient (Wildman–Crippen LogP) is 3.92. The average molecular weight is 497 g/mol. The van der Waals surface area contributed by atoms with Gasteiger partial charge in [0.05, 0.1) is 16.3 Å². The van der Waals surface area contributed by atoms with Crippen LogP contribution in [0.5, 0.6) is 0 Å². The number of carbonyl (C=O) groups is 1. The first-order valence-corrected chi connectivity index (χ1v) is 13.7. The Morgan fingerprint density at radius 3 is 2.37 bits per heavy atom. The van der Waals surface area contributed by atoms with Gasteiger partial charge >= 0.3 is 0 Å². The minimum absolute atomic E-state index is 0.203. The van der Waals surface area contributed by atoms with Crippen molar-refractivity contribution in [1.82, 2.24) is 9.21 Å². The van der Waals surface area contributed by atoms with Crippen molar-refractivity contribution in [3.63, 3.8) is 0 Å². The molecule has 0 aliphatic carbocycles. The van der Waals surface area contributed by atoms with Crippen LogP contribution in [0.25, 0.3) is 11.0 Å². The van der Waals surface area contributed by atoms with Crippen molar-refractivity contribution in [2.24, 2.45) is 0 Å². The van der Waals surface area contributed by atoms with E-state index in [4.69, 9.17) is 4.42 Å². The molecule has 8 nitrogen and oxygen atoms in total. The minimum atomic E-state index is -3.64. The highest BCUT2D eigenvalue weighted by Crippen LogP contribution is 2.33. The van der Waals surface area contributed by atoms with Gasteiger partial charge in [0.15, 0.2) is 5.76 Å². The van der Waals surface area contributed by atoms with E-state index in [-0.39, 0.29) is 16.6 Å². The summed E-state index contributed by atoms with van der Waals surface area (Å²) in [5, 5.41) is 3.87. The van der Waals surface area contributed by atoms with Gasteiger partial charge in [-0.15, -0.1) is 0 Å². The summed E-state index contributed by atoms with van der Waals surface area (Å²) in [6, 6.07) is 12.6. The number of amides is 1. The number of furan rings is 1. The lowest BCUT2D eigenvalue weighted by Gasteiger charge is -2.35. The zero-order valence-corrected chi connectivity index (χ0v) is 21.1. The van der Waals surface area contributed by atoms with E-state index >= 15 is 0 Å². The summed E-state index contributed by atoms with van der Waals surface area (Å²) < 4.78 is 34.2. The van der Waals surface area contributed by atoms with Crippen molar-refractivity contribution in [1.29, 1.82) is 0 Å². The monoisotopic (exact) mass is 496 g/mol. The summed E-state index contributed by atoms with van der Waals surface area (Å²) in [6.45, 7) is 6.29. The number of fused-ring (bicyclic) bond motifs is 1. The number of aryl methyl sites for hydroxylation is 1. The molecule has 35 heavy (non-hydrogen) atoms. The molecule has 1 N–H and O–H groups in total. The number of likely N-dealkylation sites (N-methyl/N-ethyl adjacent to an activating group) is 1. The number of piperidine rings is 1. The molecule has 0 radical (unpaired) electrons. The summed E-state index contributed by atoms with van der Waals surface area (Å²) in [4.78, 5) is 18.0. The maximum Gasteiger partial charge on any atom is 0.291 e. The first kappa shape index (κ1) is 23.8. The number of rotatable bonds is 5. The summed E-state index contributed by atoms with van der Waals surface area (Å²) in [7, 11) is -1.56. The number of para-hydroxylation sites is 1. The van der Waals surface area contributed by atoms with E-state index in [1.54, 1.807) is 16.4 Å². The topological polar surface area (TPSA) is 86.1 Å². The van der Waals surface area contributed by atoms with Gasteiger partial charge in [-0.05, 0) is 51.1 Å². The maximum atomic E-state index is 13.4. The molecule has 3 heterocycles. The molecular formula is C26H32N4O4S. The quantitative estimate of drug-likeness (QED) is 0.576. The van der Waals surface area contributed by atoms with Crippen molar-refractivity contribution < 1.29 is 17.6 Å². The molecule has 2 saturated heterocycles. The van der Waals surface area contributed by atoms with Gasteiger partial charge in [0, 0.05) is 50.2 Å². The highest BCUT2D eigenvalue weighted by Gasteiger charge is 2.28. The zero-order chi connectivity index (χ0) is 24.6. The number of sulfonamides is 1. The third-order valence-corrected chi connectivity index (χ3v) is 8.96. The summed E-state index contributed by atoms with van der Waals surface area (Å²) in [6.07, 6.45) is 2.79. The molecule has 5 rings (SSSR count). The van der Waals surface area contributed by atoms with Crippen molar-refractivity contribution >= 4 is 38.3 Å². The average Bonchev–Trinajstić information content (AvgIpc) is 3.22. The van der Waals surface area contributed by atoms with Gasteiger partial charge in [0.1, 0.15) is 5.58 Å². The van der Waals surface area contributed by atoms with Crippen LogP contribution in [-0.4, -0.2) is 69.8 Å². The molecule has 2 aliphatic rings. The number of hydrogen-bond donors (Lipinski definition) is 1. The lowest BCUT2D eigenvalue weighted by atomic mass is 10.1. The minimum Gasteiger partial charge on any atom is -0.451 e. The number of carbonyl (C=O) groups excluding carboxylic acids is 1. The van der Waals surface area contributed by atoms with Crippen LogP contribution in [0, 0.1) is 6.92 Å². The van der Waals surface area contributed by atoms with Crippen LogP contribution in [0.4, 0.5) is 11.4 Å². The number of hydrogen-bond acceptors (Lipinski definition) is 6. The fraction of sp³-hybridized carbons (Fsp3) is 0.423. The highest BCUT2D eigenvalue weighted by molar-refractivity contribution is 7.89. The molecule has 3 aromatic rings. The number of nitrogens with zero attached hydrogens (tertiary/aromatic N) is 3. The lowest BCUT2D eigenvalue weighted by molar-refractivity contribution is 0.0998. The van der Waals surface area contributed by atoms with Crippen molar-refractivity contribution in [3.05, 3.63) is 53.8 Å². The molecule has 2 fully saturated rings. The second-order valence-corrected chi connectivity index (χ2v) is 11.4. The Balaban J connectivity index is 1.51. The lowest BCUT2D eigenvalue weighted by Crippen LogP contribution is -2.44. The van der Waals surface area contributed by atoms with E-state index in [0.717, 1.165) is 62.1 Å². The summed E-state index contributed by atoms with van der Waals surface area (Å²) in [5.41, 5.74) is 2.71. The Labute approximate surface area is 206 Å². The molecule has 2 aliphatic heterocycles. The van der Waals surface area contributed by atoms with Crippen LogP contribution in [-0.2, 0) is 10.0 Å². The van der Waals surface area contributed by atoms with Crippen LogP contribution in [0.3, 0.4) is 0 Å².